The Balaban J connectivity index is 1.94. The number of aryl methyl sites for hydroxylation is 1. The van der Waals surface area contributed by atoms with Crippen molar-refractivity contribution in [3.63, 3.8) is 0 Å². The van der Waals surface area contributed by atoms with Crippen LogP contribution in [0.4, 0.5) is 0 Å². The Kier molecular flexibility index (Phi) is 7.46. The number of unbranched alkanes of at least 4 members (excludes halogenated alkanes) is 2. The fourth-order valence-corrected chi connectivity index (χ4v) is 3.09. The number of carbonyl (C=O) groups is 2. The third-order valence-corrected chi connectivity index (χ3v) is 4.58. The normalized spacial score (nSPS) is 10.5. The number of nitrogens with one attached hydrogen (secondary N) is 1. The maximum absolute atomic E-state index is 12.5. The lowest BCUT2D eigenvalue weighted by atomic mass is 10.2. The van der Waals surface area contributed by atoms with Gasteiger partial charge in [-0.25, -0.2) is 0 Å². The molecular formula is C21H28N2O4. The first-order valence-corrected chi connectivity index (χ1v) is 9.16. The third-order valence-electron chi connectivity index (χ3n) is 4.58. The number of hydrogen-bond donors (Lipinski definition) is 1. The molecule has 146 valence electrons. The topological polar surface area (TPSA) is 69.6 Å². The maximum atomic E-state index is 12.5. The number of amides is 1. The molecule has 6 heteroatoms. The van der Waals surface area contributed by atoms with Crippen molar-refractivity contribution in [1.29, 1.82) is 0 Å². The van der Waals surface area contributed by atoms with Crippen molar-refractivity contribution in [3.8, 4) is 11.4 Å². The highest BCUT2D eigenvalue weighted by Gasteiger charge is 2.16. The summed E-state index contributed by atoms with van der Waals surface area (Å²) in [6, 6.07) is 9.67. The van der Waals surface area contributed by atoms with Gasteiger partial charge >= 0.3 is 5.97 Å². The molecule has 2 aromatic rings. The molecule has 1 heterocycles. The number of esters is 1. The number of benzene rings is 1. The van der Waals surface area contributed by atoms with Crippen molar-refractivity contribution in [2.24, 2.45) is 0 Å². The van der Waals surface area contributed by atoms with E-state index in [9.17, 15) is 9.59 Å². The highest BCUT2D eigenvalue weighted by Crippen LogP contribution is 2.22. The molecule has 6 nitrogen and oxygen atoms in total. The molecule has 0 atom stereocenters. The Morgan fingerprint density at radius 3 is 2.37 bits per heavy atom. The van der Waals surface area contributed by atoms with Gasteiger partial charge in [-0.05, 0) is 57.0 Å². The molecule has 0 aliphatic heterocycles. The number of aromatic nitrogens is 1. The Morgan fingerprint density at radius 1 is 1.04 bits per heavy atom. The molecule has 0 saturated heterocycles. The van der Waals surface area contributed by atoms with E-state index >= 15 is 0 Å². The van der Waals surface area contributed by atoms with Crippen LogP contribution in [0.2, 0.25) is 0 Å². The zero-order chi connectivity index (χ0) is 19.8. The molecule has 0 fully saturated rings. The van der Waals surface area contributed by atoms with Gasteiger partial charge in [-0.15, -0.1) is 0 Å². The average Bonchev–Trinajstić information content (AvgIpc) is 2.98. The van der Waals surface area contributed by atoms with Crippen LogP contribution >= 0.6 is 0 Å². The molecular weight excluding hydrogens is 344 g/mol. The lowest BCUT2D eigenvalue weighted by molar-refractivity contribution is -0.140. The van der Waals surface area contributed by atoms with Gasteiger partial charge in [0.1, 0.15) is 5.75 Å². The van der Waals surface area contributed by atoms with E-state index in [1.165, 1.54) is 7.11 Å². The summed E-state index contributed by atoms with van der Waals surface area (Å²) < 4.78 is 11.9. The van der Waals surface area contributed by atoms with Crippen LogP contribution in [0.3, 0.4) is 0 Å². The van der Waals surface area contributed by atoms with E-state index < -0.39 is 0 Å². The first-order chi connectivity index (χ1) is 13.0. The predicted octanol–water partition coefficient (Wildman–Crippen LogP) is 3.57. The molecule has 0 saturated carbocycles. The Bertz CT molecular complexity index is 778. The van der Waals surface area contributed by atoms with Crippen molar-refractivity contribution >= 4 is 11.9 Å². The summed E-state index contributed by atoms with van der Waals surface area (Å²) in [5.74, 6) is 0.534. The van der Waals surface area contributed by atoms with Gasteiger partial charge in [0, 0.05) is 30.0 Å². The van der Waals surface area contributed by atoms with E-state index in [0.29, 0.717) is 18.5 Å². The van der Waals surface area contributed by atoms with Crippen LogP contribution in [-0.4, -0.2) is 37.2 Å². The molecule has 1 amide bonds. The quantitative estimate of drug-likeness (QED) is 0.540. The molecule has 1 aromatic carbocycles. The van der Waals surface area contributed by atoms with Gasteiger partial charge in [0.25, 0.3) is 5.91 Å². The lowest BCUT2D eigenvalue weighted by Crippen LogP contribution is -2.25. The standard InChI is InChI=1S/C21H28N2O4/c1-15-14-19(21(25)22-13-7-5-6-8-20(24)27-4)16(2)23(15)17-9-11-18(26-3)12-10-17/h9-12,14H,5-8,13H2,1-4H3,(H,22,25). The highest BCUT2D eigenvalue weighted by atomic mass is 16.5. The number of rotatable bonds is 9. The minimum Gasteiger partial charge on any atom is -0.497 e. The van der Waals surface area contributed by atoms with Crippen LogP contribution in [0.1, 0.15) is 47.4 Å². The van der Waals surface area contributed by atoms with E-state index in [1.54, 1.807) is 7.11 Å². The summed E-state index contributed by atoms with van der Waals surface area (Å²) in [5.41, 5.74) is 3.58. The zero-order valence-electron chi connectivity index (χ0n) is 16.5. The molecule has 0 spiro atoms. The van der Waals surface area contributed by atoms with Crippen LogP contribution in [0, 0.1) is 13.8 Å². The lowest BCUT2D eigenvalue weighted by Gasteiger charge is -2.11. The summed E-state index contributed by atoms with van der Waals surface area (Å²) in [4.78, 5) is 23.6. The second-order valence-electron chi connectivity index (χ2n) is 6.46. The second kappa shape index (κ2) is 9.80. The SMILES string of the molecule is COC(=O)CCCCCNC(=O)c1cc(C)n(-c2ccc(OC)cc2)c1C. The van der Waals surface area contributed by atoms with Crippen molar-refractivity contribution in [2.75, 3.05) is 20.8 Å². The molecule has 0 radical (unpaired) electrons. The number of nitrogens with zero attached hydrogens (tertiary/aromatic N) is 1. The maximum Gasteiger partial charge on any atom is 0.305 e. The van der Waals surface area contributed by atoms with Gasteiger partial charge in [0.05, 0.1) is 19.8 Å². The predicted molar refractivity (Wildman–Crippen MR) is 105 cm³/mol. The molecule has 1 aromatic heterocycles. The van der Waals surface area contributed by atoms with Crippen LogP contribution < -0.4 is 10.1 Å². The summed E-state index contributed by atoms with van der Waals surface area (Å²) in [5, 5.41) is 2.96. The average molecular weight is 372 g/mol. The summed E-state index contributed by atoms with van der Waals surface area (Å²) in [6.45, 7) is 4.52. The molecule has 2 rings (SSSR count). The van der Waals surface area contributed by atoms with Gasteiger partial charge in [0.15, 0.2) is 0 Å². The van der Waals surface area contributed by atoms with Crippen LogP contribution in [0.5, 0.6) is 5.75 Å². The van der Waals surface area contributed by atoms with Crippen LogP contribution in [0.25, 0.3) is 5.69 Å². The number of carbonyl (C=O) groups excluding carboxylic acids is 2. The van der Waals surface area contributed by atoms with E-state index in [2.05, 4.69) is 14.6 Å². The first kappa shape index (κ1) is 20.6. The molecule has 1 N–H and O–H groups in total. The van der Waals surface area contributed by atoms with Crippen molar-refractivity contribution in [3.05, 3.63) is 47.3 Å². The van der Waals surface area contributed by atoms with E-state index in [1.807, 2.05) is 44.2 Å². The smallest absolute Gasteiger partial charge is 0.305 e. The monoisotopic (exact) mass is 372 g/mol. The van der Waals surface area contributed by atoms with Gasteiger partial charge in [-0.3, -0.25) is 9.59 Å². The fraction of sp³-hybridized carbons (Fsp3) is 0.429. The number of methoxy groups -OCH3 is 2. The number of hydrogen-bond acceptors (Lipinski definition) is 4. The number of ether oxygens (including phenoxy) is 2. The first-order valence-electron chi connectivity index (χ1n) is 9.16. The van der Waals surface area contributed by atoms with E-state index in [-0.39, 0.29) is 11.9 Å². The summed E-state index contributed by atoms with van der Waals surface area (Å²) in [6.07, 6.45) is 2.90. The second-order valence-corrected chi connectivity index (χ2v) is 6.46. The van der Waals surface area contributed by atoms with Gasteiger partial charge < -0.3 is 19.4 Å². The largest absolute Gasteiger partial charge is 0.497 e. The fourth-order valence-electron chi connectivity index (χ4n) is 3.09. The van der Waals surface area contributed by atoms with E-state index in [4.69, 9.17) is 4.74 Å². The Morgan fingerprint density at radius 2 is 1.74 bits per heavy atom. The minimum absolute atomic E-state index is 0.0733. The molecule has 0 unspecified atom stereocenters. The van der Waals surface area contributed by atoms with Crippen LogP contribution in [0.15, 0.2) is 30.3 Å². The van der Waals surface area contributed by atoms with Gasteiger partial charge in [0.2, 0.25) is 0 Å². The van der Waals surface area contributed by atoms with Crippen molar-refractivity contribution < 1.29 is 19.1 Å². The summed E-state index contributed by atoms with van der Waals surface area (Å²) in [7, 11) is 3.03. The highest BCUT2D eigenvalue weighted by molar-refractivity contribution is 5.95. The molecule has 0 bridgehead atoms. The van der Waals surface area contributed by atoms with Gasteiger partial charge in [-0.2, -0.15) is 0 Å². The summed E-state index contributed by atoms with van der Waals surface area (Å²) >= 11 is 0. The molecule has 0 aliphatic carbocycles. The van der Waals surface area contributed by atoms with Crippen LogP contribution in [-0.2, 0) is 9.53 Å². The Hall–Kier alpha value is -2.76. The third kappa shape index (κ3) is 5.36. The van der Waals surface area contributed by atoms with Gasteiger partial charge in [-0.1, -0.05) is 6.42 Å². The Labute approximate surface area is 160 Å². The molecule has 27 heavy (non-hydrogen) atoms. The van der Waals surface area contributed by atoms with Crippen molar-refractivity contribution in [2.45, 2.75) is 39.5 Å². The van der Waals surface area contributed by atoms with E-state index in [0.717, 1.165) is 42.1 Å². The molecule has 0 aliphatic rings. The zero-order valence-corrected chi connectivity index (χ0v) is 16.5. The minimum atomic E-state index is -0.190. The van der Waals surface area contributed by atoms with Crippen molar-refractivity contribution in [1.82, 2.24) is 9.88 Å².